The highest BCUT2D eigenvalue weighted by Gasteiger charge is 2.09. The molecule has 0 aromatic heterocycles. The number of hydrogen-bond acceptors (Lipinski definition) is 2. The minimum absolute atomic E-state index is 0.0562. The standard InChI is InChI=1S/C10H14BrNO/c1-7-4-3-5-8(10(7)11)9(12)6-13-2/h3-5,9H,6,12H2,1-2H3/t9-/m1/s1. The SMILES string of the molecule is COC[C@@H](N)c1cccc(C)c1Br. The van der Waals surface area contributed by atoms with Crippen molar-refractivity contribution in [2.75, 3.05) is 13.7 Å². The van der Waals surface area contributed by atoms with E-state index >= 15 is 0 Å². The first-order valence-corrected chi connectivity index (χ1v) is 4.95. The predicted molar refractivity (Wildman–Crippen MR) is 57.7 cm³/mol. The summed E-state index contributed by atoms with van der Waals surface area (Å²) < 4.78 is 6.09. The Balaban J connectivity index is 2.93. The number of hydrogen-bond donors (Lipinski definition) is 1. The molecule has 72 valence electrons. The zero-order chi connectivity index (χ0) is 9.84. The van der Waals surface area contributed by atoms with Crippen LogP contribution in [0.25, 0.3) is 0 Å². The minimum Gasteiger partial charge on any atom is -0.383 e. The van der Waals surface area contributed by atoms with E-state index < -0.39 is 0 Å². The van der Waals surface area contributed by atoms with Gasteiger partial charge >= 0.3 is 0 Å². The Kier molecular flexibility index (Phi) is 3.90. The van der Waals surface area contributed by atoms with Crippen LogP contribution in [0.2, 0.25) is 0 Å². The lowest BCUT2D eigenvalue weighted by Gasteiger charge is -2.13. The Labute approximate surface area is 87.2 Å². The Morgan fingerprint density at radius 3 is 2.85 bits per heavy atom. The third kappa shape index (κ3) is 2.53. The Morgan fingerprint density at radius 2 is 2.23 bits per heavy atom. The van der Waals surface area contributed by atoms with E-state index in [9.17, 15) is 0 Å². The van der Waals surface area contributed by atoms with Crippen molar-refractivity contribution in [2.24, 2.45) is 5.73 Å². The average molecular weight is 244 g/mol. The van der Waals surface area contributed by atoms with E-state index in [4.69, 9.17) is 10.5 Å². The maximum atomic E-state index is 5.92. The fourth-order valence-corrected chi connectivity index (χ4v) is 1.78. The van der Waals surface area contributed by atoms with E-state index in [-0.39, 0.29) is 6.04 Å². The maximum absolute atomic E-state index is 5.92. The van der Waals surface area contributed by atoms with E-state index in [1.165, 1.54) is 5.56 Å². The van der Waals surface area contributed by atoms with E-state index in [0.717, 1.165) is 10.0 Å². The van der Waals surface area contributed by atoms with Crippen LogP contribution in [0.15, 0.2) is 22.7 Å². The molecule has 0 fully saturated rings. The lowest BCUT2D eigenvalue weighted by atomic mass is 10.1. The maximum Gasteiger partial charge on any atom is 0.0655 e. The molecular formula is C10H14BrNO. The van der Waals surface area contributed by atoms with E-state index in [1.807, 2.05) is 25.1 Å². The second-order valence-electron chi connectivity index (χ2n) is 3.04. The van der Waals surface area contributed by atoms with Crippen LogP contribution in [0.5, 0.6) is 0 Å². The van der Waals surface area contributed by atoms with E-state index in [0.29, 0.717) is 6.61 Å². The van der Waals surface area contributed by atoms with Gasteiger partial charge in [0.1, 0.15) is 0 Å². The van der Waals surface area contributed by atoms with Crippen molar-refractivity contribution in [3.63, 3.8) is 0 Å². The summed E-state index contributed by atoms with van der Waals surface area (Å²) in [6, 6.07) is 6.01. The second kappa shape index (κ2) is 4.74. The number of rotatable bonds is 3. The van der Waals surface area contributed by atoms with Crippen LogP contribution in [0.1, 0.15) is 17.2 Å². The Hall–Kier alpha value is -0.380. The second-order valence-corrected chi connectivity index (χ2v) is 3.83. The zero-order valence-corrected chi connectivity index (χ0v) is 9.47. The van der Waals surface area contributed by atoms with E-state index in [2.05, 4.69) is 15.9 Å². The first-order valence-electron chi connectivity index (χ1n) is 4.16. The topological polar surface area (TPSA) is 35.2 Å². The normalized spacial score (nSPS) is 12.9. The molecule has 0 aliphatic heterocycles. The predicted octanol–water partition coefficient (Wildman–Crippen LogP) is 2.40. The van der Waals surface area contributed by atoms with Crippen LogP contribution in [0, 0.1) is 6.92 Å². The molecule has 1 aromatic rings. The molecule has 1 aromatic carbocycles. The van der Waals surface area contributed by atoms with Crippen LogP contribution >= 0.6 is 15.9 Å². The fourth-order valence-electron chi connectivity index (χ4n) is 1.23. The van der Waals surface area contributed by atoms with Gasteiger partial charge in [0.15, 0.2) is 0 Å². The molecule has 0 bridgehead atoms. The van der Waals surface area contributed by atoms with Gasteiger partial charge in [-0.1, -0.05) is 34.1 Å². The zero-order valence-electron chi connectivity index (χ0n) is 7.88. The van der Waals surface area contributed by atoms with Crippen molar-refractivity contribution < 1.29 is 4.74 Å². The van der Waals surface area contributed by atoms with Crippen molar-refractivity contribution in [2.45, 2.75) is 13.0 Å². The highest BCUT2D eigenvalue weighted by molar-refractivity contribution is 9.10. The molecule has 1 atom stereocenters. The summed E-state index contributed by atoms with van der Waals surface area (Å²) in [7, 11) is 1.66. The molecule has 1 rings (SSSR count). The van der Waals surface area contributed by atoms with Gasteiger partial charge in [0.05, 0.1) is 12.6 Å². The lowest BCUT2D eigenvalue weighted by Crippen LogP contribution is -2.16. The summed E-state index contributed by atoms with van der Waals surface area (Å²) in [5, 5.41) is 0. The number of halogens is 1. The summed E-state index contributed by atoms with van der Waals surface area (Å²) >= 11 is 3.52. The average Bonchev–Trinajstić information content (AvgIpc) is 2.10. The van der Waals surface area contributed by atoms with Gasteiger partial charge < -0.3 is 10.5 Å². The van der Waals surface area contributed by atoms with Crippen molar-refractivity contribution in [3.8, 4) is 0 Å². The quantitative estimate of drug-likeness (QED) is 0.886. The van der Waals surface area contributed by atoms with E-state index in [1.54, 1.807) is 7.11 Å². The summed E-state index contributed by atoms with van der Waals surface area (Å²) in [5.74, 6) is 0. The van der Waals surface area contributed by atoms with Crippen LogP contribution in [0.4, 0.5) is 0 Å². The number of benzene rings is 1. The van der Waals surface area contributed by atoms with Crippen molar-refractivity contribution >= 4 is 15.9 Å². The number of ether oxygens (including phenoxy) is 1. The van der Waals surface area contributed by atoms with Crippen molar-refractivity contribution in [1.82, 2.24) is 0 Å². The minimum atomic E-state index is -0.0562. The first kappa shape index (κ1) is 10.7. The number of nitrogens with two attached hydrogens (primary N) is 1. The monoisotopic (exact) mass is 243 g/mol. The highest BCUT2D eigenvalue weighted by atomic mass is 79.9. The van der Waals surface area contributed by atoms with Crippen LogP contribution < -0.4 is 5.73 Å². The molecule has 3 heteroatoms. The molecule has 0 aliphatic rings. The van der Waals surface area contributed by atoms with Gasteiger partial charge in [0, 0.05) is 11.6 Å². The third-order valence-electron chi connectivity index (χ3n) is 1.97. The number of aryl methyl sites for hydroxylation is 1. The molecule has 0 spiro atoms. The molecule has 0 amide bonds. The smallest absolute Gasteiger partial charge is 0.0655 e. The van der Waals surface area contributed by atoms with Crippen LogP contribution in [-0.2, 0) is 4.74 Å². The van der Waals surface area contributed by atoms with Crippen LogP contribution in [0.3, 0.4) is 0 Å². The molecule has 0 heterocycles. The summed E-state index contributed by atoms with van der Waals surface area (Å²) in [6.45, 7) is 2.59. The third-order valence-corrected chi connectivity index (χ3v) is 3.05. The highest BCUT2D eigenvalue weighted by Crippen LogP contribution is 2.25. The van der Waals surface area contributed by atoms with Gasteiger partial charge in [-0.15, -0.1) is 0 Å². The summed E-state index contributed by atoms with van der Waals surface area (Å²) in [5.41, 5.74) is 8.22. The summed E-state index contributed by atoms with van der Waals surface area (Å²) in [4.78, 5) is 0. The molecule has 0 aliphatic carbocycles. The Morgan fingerprint density at radius 1 is 1.54 bits per heavy atom. The fraction of sp³-hybridized carbons (Fsp3) is 0.400. The van der Waals surface area contributed by atoms with Gasteiger partial charge in [0.25, 0.3) is 0 Å². The van der Waals surface area contributed by atoms with Crippen LogP contribution in [-0.4, -0.2) is 13.7 Å². The van der Waals surface area contributed by atoms with Gasteiger partial charge in [0.2, 0.25) is 0 Å². The molecule has 2 nitrogen and oxygen atoms in total. The van der Waals surface area contributed by atoms with Gasteiger partial charge in [-0.25, -0.2) is 0 Å². The molecule has 2 N–H and O–H groups in total. The van der Waals surface area contributed by atoms with Gasteiger partial charge in [-0.2, -0.15) is 0 Å². The first-order chi connectivity index (χ1) is 6.16. The molecule has 0 saturated heterocycles. The number of methoxy groups -OCH3 is 1. The Bertz CT molecular complexity index is 288. The largest absolute Gasteiger partial charge is 0.383 e. The molecule has 13 heavy (non-hydrogen) atoms. The molecule has 0 saturated carbocycles. The molecule has 0 radical (unpaired) electrons. The molecule has 0 unspecified atom stereocenters. The lowest BCUT2D eigenvalue weighted by molar-refractivity contribution is 0.180. The summed E-state index contributed by atoms with van der Waals surface area (Å²) in [6.07, 6.45) is 0. The van der Waals surface area contributed by atoms with Gasteiger partial charge in [-0.3, -0.25) is 0 Å². The van der Waals surface area contributed by atoms with Crippen molar-refractivity contribution in [3.05, 3.63) is 33.8 Å². The van der Waals surface area contributed by atoms with Gasteiger partial charge in [-0.05, 0) is 18.1 Å². The van der Waals surface area contributed by atoms with Crippen molar-refractivity contribution in [1.29, 1.82) is 0 Å². The molecular weight excluding hydrogens is 230 g/mol.